The highest BCUT2D eigenvalue weighted by Crippen LogP contribution is 2.24. The highest BCUT2D eigenvalue weighted by Gasteiger charge is 2.07. The second-order valence-corrected chi connectivity index (χ2v) is 5.79. The Kier molecular flexibility index (Phi) is 6.02. The molecule has 1 aromatic heterocycles. The van der Waals surface area contributed by atoms with Crippen molar-refractivity contribution in [2.24, 2.45) is 0 Å². The molecule has 1 heterocycles. The molecule has 6 heteroatoms. The van der Waals surface area contributed by atoms with Gasteiger partial charge in [-0.05, 0) is 43.5 Å². The van der Waals surface area contributed by atoms with E-state index in [-0.39, 0.29) is 6.61 Å². The predicted molar refractivity (Wildman–Crippen MR) is 83.2 cm³/mol. The lowest BCUT2D eigenvalue weighted by Gasteiger charge is -2.16. The summed E-state index contributed by atoms with van der Waals surface area (Å²) in [5, 5.41) is 1.24. The molecule has 2 rings (SSSR count). The Morgan fingerprint density at radius 1 is 1.33 bits per heavy atom. The molecule has 1 N–H and O–H groups in total. The summed E-state index contributed by atoms with van der Waals surface area (Å²) in [5.74, 6) is 0. The number of alkyl halides is 2. The monoisotopic (exact) mass is 314 g/mol. The molecule has 0 fully saturated rings. The Labute approximate surface area is 127 Å². The summed E-state index contributed by atoms with van der Waals surface area (Å²) >= 11 is 1.72. The predicted octanol–water partition coefficient (Wildman–Crippen LogP) is 3.60. The van der Waals surface area contributed by atoms with Gasteiger partial charge in [-0.25, -0.2) is 0 Å². The van der Waals surface area contributed by atoms with Crippen LogP contribution in [0.4, 0.5) is 8.78 Å². The van der Waals surface area contributed by atoms with Gasteiger partial charge in [-0.1, -0.05) is 0 Å². The van der Waals surface area contributed by atoms with Crippen LogP contribution in [0, 0.1) is 0 Å². The van der Waals surface area contributed by atoms with Gasteiger partial charge < -0.3 is 14.6 Å². The smallest absolute Gasteiger partial charge is 0.345 e. The first-order valence-electron chi connectivity index (χ1n) is 6.82. The number of hydrogen-bond donors (Lipinski definition) is 1. The maximum atomic E-state index is 11.9. The molecule has 21 heavy (non-hydrogen) atoms. The molecule has 0 radical (unpaired) electrons. The molecular formula is C15H20F2N2OS. The molecule has 0 atom stereocenters. The van der Waals surface area contributed by atoms with Crippen molar-refractivity contribution in [3.05, 3.63) is 30.0 Å². The highest BCUT2D eigenvalue weighted by molar-refractivity contribution is 7.98. The Morgan fingerprint density at radius 2 is 2.14 bits per heavy atom. The maximum Gasteiger partial charge on any atom is 0.345 e. The largest absolute Gasteiger partial charge is 0.361 e. The zero-order valence-electron chi connectivity index (χ0n) is 12.2. The van der Waals surface area contributed by atoms with Crippen LogP contribution in [0.2, 0.25) is 0 Å². The van der Waals surface area contributed by atoms with Gasteiger partial charge in [-0.2, -0.15) is 8.78 Å². The number of likely N-dealkylation sites (N-methyl/N-ethyl adjacent to an activating group) is 1. The molecular weight excluding hydrogens is 294 g/mol. The van der Waals surface area contributed by atoms with Crippen molar-refractivity contribution in [2.75, 3.05) is 33.0 Å². The Bertz CT molecular complexity index is 574. The van der Waals surface area contributed by atoms with Crippen LogP contribution in [0.25, 0.3) is 10.9 Å². The first-order chi connectivity index (χ1) is 10.1. The quantitative estimate of drug-likeness (QED) is 0.755. The molecule has 0 bridgehead atoms. The van der Waals surface area contributed by atoms with E-state index in [2.05, 4.69) is 34.2 Å². The lowest BCUT2D eigenvalue weighted by Crippen LogP contribution is -2.26. The average molecular weight is 314 g/mol. The second kappa shape index (κ2) is 7.77. The Morgan fingerprint density at radius 3 is 2.86 bits per heavy atom. The molecule has 0 aliphatic carbocycles. The maximum absolute atomic E-state index is 11.9. The third-order valence-electron chi connectivity index (χ3n) is 3.45. The second-order valence-electron chi connectivity index (χ2n) is 4.91. The van der Waals surface area contributed by atoms with Crippen LogP contribution >= 0.6 is 11.8 Å². The van der Waals surface area contributed by atoms with Gasteiger partial charge in [0.1, 0.15) is 0 Å². The lowest BCUT2D eigenvalue weighted by molar-refractivity contribution is -0.131. The number of ether oxygens (including phenoxy) is 1. The van der Waals surface area contributed by atoms with Gasteiger partial charge in [0.2, 0.25) is 0 Å². The lowest BCUT2D eigenvalue weighted by atomic mass is 10.1. The molecule has 0 spiro atoms. The van der Waals surface area contributed by atoms with E-state index in [9.17, 15) is 8.78 Å². The van der Waals surface area contributed by atoms with Gasteiger partial charge in [-0.3, -0.25) is 0 Å². The van der Waals surface area contributed by atoms with Crippen LogP contribution in [0.3, 0.4) is 0 Å². The van der Waals surface area contributed by atoms with E-state index in [0.717, 1.165) is 18.5 Å². The molecule has 0 aliphatic rings. The number of aromatic nitrogens is 1. The van der Waals surface area contributed by atoms with Crippen molar-refractivity contribution >= 4 is 22.7 Å². The standard InChI is InChI=1S/C15H20F2N2OS/c1-19(7-8-20-15(16)17)6-5-11-10-18-14-4-3-12(21-2)9-13(11)14/h3-4,9-10,15,18H,5-8H2,1-2H3. The number of nitrogens with zero attached hydrogens (tertiary/aromatic N) is 1. The van der Waals surface area contributed by atoms with Crippen LogP contribution < -0.4 is 0 Å². The number of rotatable bonds is 8. The van der Waals surface area contributed by atoms with Crippen molar-refractivity contribution in [1.29, 1.82) is 0 Å². The normalized spacial score (nSPS) is 11.9. The molecule has 3 nitrogen and oxygen atoms in total. The molecule has 0 aliphatic heterocycles. The van der Waals surface area contributed by atoms with Crippen LogP contribution in [-0.2, 0) is 11.2 Å². The minimum atomic E-state index is -2.68. The Hall–Kier alpha value is -1.11. The minimum absolute atomic E-state index is 0.0542. The van der Waals surface area contributed by atoms with E-state index in [1.807, 2.05) is 18.1 Å². The van der Waals surface area contributed by atoms with E-state index >= 15 is 0 Å². The van der Waals surface area contributed by atoms with Gasteiger partial charge in [0, 0.05) is 35.1 Å². The summed E-state index contributed by atoms with van der Waals surface area (Å²) in [6, 6.07) is 6.37. The molecule has 1 aromatic carbocycles. The zero-order chi connectivity index (χ0) is 15.2. The van der Waals surface area contributed by atoms with Crippen molar-refractivity contribution in [2.45, 2.75) is 17.9 Å². The summed E-state index contributed by atoms with van der Waals surface area (Å²) in [5.41, 5.74) is 2.38. The van der Waals surface area contributed by atoms with Crippen LogP contribution in [-0.4, -0.2) is 49.5 Å². The van der Waals surface area contributed by atoms with Crippen LogP contribution in [0.5, 0.6) is 0 Å². The SMILES string of the molecule is CSc1ccc2[nH]cc(CCN(C)CCOC(F)F)c2c1. The number of thioether (sulfide) groups is 1. The Balaban J connectivity index is 1.91. The van der Waals surface area contributed by atoms with E-state index in [4.69, 9.17) is 0 Å². The minimum Gasteiger partial charge on any atom is -0.361 e. The summed E-state index contributed by atoms with van der Waals surface area (Å²) in [6.45, 7) is -1.32. The third kappa shape index (κ3) is 4.69. The topological polar surface area (TPSA) is 28.3 Å². The molecule has 0 saturated heterocycles. The number of aromatic amines is 1. The van der Waals surface area contributed by atoms with Gasteiger partial charge in [0.05, 0.1) is 6.61 Å². The van der Waals surface area contributed by atoms with E-state index in [1.165, 1.54) is 15.8 Å². The fraction of sp³-hybridized carbons (Fsp3) is 0.467. The van der Waals surface area contributed by atoms with E-state index in [1.54, 1.807) is 11.8 Å². The van der Waals surface area contributed by atoms with Crippen molar-refractivity contribution in [3.63, 3.8) is 0 Å². The summed E-state index contributed by atoms with van der Waals surface area (Å²) in [6.07, 6.45) is 4.96. The van der Waals surface area contributed by atoms with E-state index < -0.39 is 6.61 Å². The molecule has 0 unspecified atom stereocenters. The van der Waals surface area contributed by atoms with Crippen molar-refractivity contribution in [3.8, 4) is 0 Å². The van der Waals surface area contributed by atoms with Gasteiger partial charge in [0.25, 0.3) is 0 Å². The van der Waals surface area contributed by atoms with E-state index in [0.29, 0.717) is 6.54 Å². The van der Waals surface area contributed by atoms with Crippen molar-refractivity contribution < 1.29 is 13.5 Å². The fourth-order valence-electron chi connectivity index (χ4n) is 2.21. The number of benzene rings is 1. The van der Waals surface area contributed by atoms with Gasteiger partial charge in [-0.15, -0.1) is 11.8 Å². The molecule has 2 aromatic rings. The first-order valence-corrected chi connectivity index (χ1v) is 8.05. The van der Waals surface area contributed by atoms with Crippen molar-refractivity contribution in [1.82, 2.24) is 9.88 Å². The number of H-pyrrole nitrogens is 1. The van der Waals surface area contributed by atoms with Gasteiger partial charge >= 0.3 is 6.61 Å². The van der Waals surface area contributed by atoms with Crippen LogP contribution in [0.1, 0.15) is 5.56 Å². The number of fused-ring (bicyclic) bond motifs is 1. The molecule has 0 saturated carbocycles. The summed E-state index contributed by atoms with van der Waals surface area (Å²) < 4.78 is 28.1. The fourth-order valence-corrected chi connectivity index (χ4v) is 2.65. The highest BCUT2D eigenvalue weighted by atomic mass is 32.2. The summed E-state index contributed by atoms with van der Waals surface area (Å²) in [7, 11) is 1.91. The summed E-state index contributed by atoms with van der Waals surface area (Å²) in [4.78, 5) is 6.51. The third-order valence-corrected chi connectivity index (χ3v) is 4.18. The molecule has 0 amide bonds. The number of halogens is 2. The number of nitrogens with one attached hydrogen (secondary N) is 1. The number of hydrogen-bond acceptors (Lipinski definition) is 3. The van der Waals surface area contributed by atoms with Gasteiger partial charge in [0.15, 0.2) is 0 Å². The average Bonchev–Trinajstić information content (AvgIpc) is 2.86. The molecule has 116 valence electrons. The first kappa shape index (κ1) is 16.3. The zero-order valence-corrected chi connectivity index (χ0v) is 13.1. The van der Waals surface area contributed by atoms with Crippen LogP contribution in [0.15, 0.2) is 29.3 Å².